The van der Waals surface area contributed by atoms with Crippen molar-refractivity contribution in [2.75, 3.05) is 83.6 Å². The number of methoxy groups -OCH3 is 2. The highest BCUT2D eigenvalue weighted by Gasteiger charge is 2.27. The third-order valence-electron chi connectivity index (χ3n) is 8.29. The quantitative estimate of drug-likeness (QED) is 0.413. The minimum Gasteiger partial charge on any atom is -0.493 e. The Hall–Kier alpha value is -4.97. The van der Waals surface area contributed by atoms with Gasteiger partial charge in [0.15, 0.2) is 23.0 Å². The van der Waals surface area contributed by atoms with Crippen LogP contribution in [0.3, 0.4) is 0 Å². The van der Waals surface area contributed by atoms with Crippen LogP contribution in [0.5, 0.6) is 23.0 Å². The molecule has 0 saturated carbocycles. The van der Waals surface area contributed by atoms with Gasteiger partial charge in [-0.05, 0) is 67.6 Å². The van der Waals surface area contributed by atoms with Gasteiger partial charge in [0.2, 0.25) is 6.79 Å². The summed E-state index contributed by atoms with van der Waals surface area (Å²) in [6.07, 6.45) is 0.879. The maximum Gasteiger partial charge on any atom is 0.255 e. The van der Waals surface area contributed by atoms with Crippen LogP contribution in [-0.4, -0.2) is 101 Å². The fourth-order valence-electron chi connectivity index (χ4n) is 5.81. The van der Waals surface area contributed by atoms with Crippen LogP contribution in [0.2, 0.25) is 0 Å². The predicted molar refractivity (Wildman–Crippen MR) is 168 cm³/mol. The number of carbonyl (C=O) groups excluding carboxylic acids is 3. The first-order valence-electron chi connectivity index (χ1n) is 15.1. The van der Waals surface area contributed by atoms with Crippen molar-refractivity contribution in [3.63, 3.8) is 0 Å². The monoisotopic (exact) mass is 615 g/mol. The molecule has 236 valence electrons. The summed E-state index contributed by atoms with van der Waals surface area (Å²) in [6, 6.07) is 15.6. The number of hydrogen-bond acceptors (Lipinski definition) is 9. The molecule has 3 amide bonds. The number of carbonyl (C=O) groups is 3. The zero-order valence-electron chi connectivity index (χ0n) is 25.5. The standard InChI is InChI=1S/C33H37N5O7/c1-42-27-8-6-24(20-29(27)43-2)33(41)38-16-14-36(15-17-38)26-7-4-23(32(40)37-12-3-10-34-11-13-37)18-25(26)35-31(39)22-5-9-28-30(19-22)45-21-44-28/h4-9,18-20,34H,3,10-17,21H2,1-2H3,(H,35,39). The van der Waals surface area contributed by atoms with Gasteiger partial charge in [-0.1, -0.05) is 0 Å². The molecule has 12 nitrogen and oxygen atoms in total. The van der Waals surface area contributed by atoms with E-state index in [4.69, 9.17) is 18.9 Å². The first kappa shape index (κ1) is 30.1. The summed E-state index contributed by atoms with van der Waals surface area (Å²) in [6.45, 7) is 5.05. The lowest BCUT2D eigenvalue weighted by molar-refractivity contribution is 0.0743. The van der Waals surface area contributed by atoms with Gasteiger partial charge in [0.25, 0.3) is 17.7 Å². The van der Waals surface area contributed by atoms with Crippen molar-refractivity contribution in [2.24, 2.45) is 0 Å². The smallest absolute Gasteiger partial charge is 0.255 e. The average molecular weight is 616 g/mol. The number of rotatable bonds is 7. The second-order valence-electron chi connectivity index (χ2n) is 11.0. The molecule has 3 aliphatic heterocycles. The lowest BCUT2D eigenvalue weighted by atomic mass is 10.1. The topological polar surface area (TPSA) is 122 Å². The molecule has 45 heavy (non-hydrogen) atoms. The van der Waals surface area contributed by atoms with Crippen LogP contribution in [0.4, 0.5) is 11.4 Å². The van der Waals surface area contributed by atoms with Crippen LogP contribution < -0.4 is 34.5 Å². The van der Waals surface area contributed by atoms with Crippen molar-refractivity contribution in [2.45, 2.75) is 6.42 Å². The summed E-state index contributed by atoms with van der Waals surface area (Å²) in [7, 11) is 3.09. The number of piperazine rings is 1. The first-order chi connectivity index (χ1) is 21.9. The second-order valence-corrected chi connectivity index (χ2v) is 11.0. The highest BCUT2D eigenvalue weighted by Crippen LogP contribution is 2.34. The normalized spacial score (nSPS) is 16.2. The number of nitrogens with one attached hydrogen (secondary N) is 2. The van der Waals surface area contributed by atoms with Gasteiger partial charge in [0.1, 0.15) is 0 Å². The number of nitrogens with zero attached hydrogens (tertiary/aromatic N) is 3. The van der Waals surface area contributed by atoms with E-state index in [0.717, 1.165) is 25.2 Å². The number of fused-ring (bicyclic) bond motifs is 1. The summed E-state index contributed by atoms with van der Waals surface area (Å²) in [5.41, 5.74) is 2.73. The Morgan fingerprint density at radius 2 is 1.40 bits per heavy atom. The fourth-order valence-corrected chi connectivity index (χ4v) is 5.81. The Morgan fingerprint density at radius 1 is 0.711 bits per heavy atom. The van der Waals surface area contributed by atoms with E-state index >= 15 is 0 Å². The molecule has 0 bridgehead atoms. The van der Waals surface area contributed by atoms with Crippen molar-refractivity contribution >= 4 is 29.1 Å². The number of hydrogen-bond donors (Lipinski definition) is 2. The van der Waals surface area contributed by atoms with E-state index in [1.807, 2.05) is 17.0 Å². The SMILES string of the molecule is COc1ccc(C(=O)N2CCN(c3ccc(C(=O)N4CCCNCC4)cc3NC(=O)c3ccc4c(c3)OCO4)CC2)cc1OC. The van der Waals surface area contributed by atoms with Gasteiger partial charge in [0, 0.05) is 62.5 Å². The van der Waals surface area contributed by atoms with Gasteiger partial charge in [-0.3, -0.25) is 14.4 Å². The van der Waals surface area contributed by atoms with Crippen LogP contribution in [0.25, 0.3) is 0 Å². The Kier molecular flexibility index (Phi) is 8.92. The van der Waals surface area contributed by atoms with Gasteiger partial charge >= 0.3 is 0 Å². The van der Waals surface area contributed by atoms with Gasteiger partial charge in [0.05, 0.1) is 25.6 Å². The lowest BCUT2D eigenvalue weighted by Gasteiger charge is -2.37. The molecule has 0 aliphatic carbocycles. The summed E-state index contributed by atoms with van der Waals surface area (Å²) < 4.78 is 21.5. The maximum atomic E-state index is 13.5. The predicted octanol–water partition coefficient (Wildman–Crippen LogP) is 3.08. The molecule has 0 atom stereocenters. The third-order valence-corrected chi connectivity index (χ3v) is 8.29. The fraction of sp³-hybridized carbons (Fsp3) is 0.364. The van der Waals surface area contributed by atoms with Gasteiger partial charge in [-0.25, -0.2) is 0 Å². The molecule has 6 rings (SSSR count). The Labute approximate surface area is 261 Å². The number of benzene rings is 3. The summed E-state index contributed by atoms with van der Waals surface area (Å²) >= 11 is 0. The van der Waals surface area contributed by atoms with E-state index in [2.05, 4.69) is 15.5 Å². The zero-order chi connectivity index (χ0) is 31.3. The van der Waals surface area contributed by atoms with Crippen LogP contribution in [0, 0.1) is 0 Å². The van der Waals surface area contributed by atoms with Crippen LogP contribution in [0.1, 0.15) is 37.5 Å². The molecule has 0 aromatic heterocycles. The van der Waals surface area contributed by atoms with Gasteiger partial charge < -0.3 is 44.3 Å². The molecular weight excluding hydrogens is 578 g/mol. The molecule has 2 N–H and O–H groups in total. The highest BCUT2D eigenvalue weighted by molar-refractivity contribution is 6.07. The van der Waals surface area contributed by atoms with Crippen molar-refractivity contribution in [3.8, 4) is 23.0 Å². The Morgan fingerprint density at radius 3 is 2.18 bits per heavy atom. The molecule has 0 unspecified atom stereocenters. The first-order valence-corrected chi connectivity index (χ1v) is 15.1. The van der Waals surface area contributed by atoms with Crippen LogP contribution in [0.15, 0.2) is 54.6 Å². The maximum absolute atomic E-state index is 13.5. The van der Waals surface area contributed by atoms with Crippen molar-refractivity contribution in [3.05, 3.63) is 71.3 Å². The second kappa shape index (κ2) is 13.3. The minimum atomic E-state index is -0.333. The number of anilines is 2. The molecule has 0 spiro atoms. The van der Waals surface area contributed by atoms with Crippen molar-refractivity contribution in [1.82, 2.24) is 15.1 Å². The molecule has 3 heterocycles. The van der Waals surface area contributed by atoms with Gasteiger partial charge in [-0.2, -0.15) is 0 Å². The molecule has 0 radical (unpaired) electrons. The van der Waals surface area contributed by atoms with Crippen molar-refractivity contribution in [1.29, 1.82) is 0 Å². The largest absolute Gasteiger partial charge is 0.493 e. The summed E-state index contributed by atoms with van der Waals surface area (Å²) in [5.74, 6) is 1.65. The molecule has 3 aromatic rings. The number of ether oxygens (including phenoxy) is 4. The lowest BCUT2D eigenvalue weighted by Crippen LogP contribution is -2.49. The molecule has 3 aromatic carbocycles. The van der Waals surface area contributed by atoms with Crippen LogP contribution in [-0.2, 0) is 0 Å². The van der Waals surface area contributed by atoms with E-state index in [0.29, 0.717) is 84.6 Å². The Balaban J connectivity index is 1.22. The third kappa shape index (κ3) is 6.46. The summed E-state index contributed by atoms with van der Waals surface area (Å²) in [5, 5.41) is 6.37. The van der Waals surface area contributed by atoms with Crippen molar-refractivity contribution < 1.29 is 33.3 Å². The molecule has 12 heteroatoms. The van der Waals surface area contributed by atoms with Gasteiger partial charge in [-0.15, -0.1) is 0 Å². The van der Waals surface area contributed by atoms with E-state index in [1.54, 1.807) is 54.5 Å². The summed E-state index contributed by atoms with van der Waals surface area (Å²) in [4.78, 5) is 46.1. The zero-order valence-corrected chi connectivity index (χ0v) is 25.5. The van der Waals surface area contributed by atoms with E-state index in [1.165, 1.54) is 7.11 Å². The highest BCUT2D eigenvalue weighted by atomic mass is 16.7. The van der Waals surface area contributed by atoms with E-state index in [-0.39, 0.29) is 24.5 Å². The molecule has 2 saturated heterocycles. The molecule has 3 aliphatic rings. The van der Waals surface area contributed by atoms with E-state index in [9.17, 15) is 14.4 Å². The average Bonchev–Trinajstić information content (AvgIpc) is 3.39. The number of amides is 3. The van der Waals surface area contributed by atoms with Crippen LogP contribution >= 0.6 is 0 Å². The molecular formula is C33H37N5O7. The molecule has 2 fully saturated rings. The Bertz CT molecular complexity index is 1580. The van der Waals surface area contributed by atoms with E-state index < -0.39 is 0 Å². The minimum absolute atomic E-state index is 0.0748.